The molecular formula is C46H56N8O8. The number of hydrogen-bond donors (Lipinski definition) is 4. The van der Waals surface area contributed by atoms with Gasteiger partial charge in [-0.3, -0.25) is 9.59 Å². The number of H-pyrrole nitrogens is 2. The Morgan fingerprint density at radius 1 is 0.629 bits per heavy atom. The van der Waals surface area contributed by atoms with Crippen molar-refractivity contribution in [1.29, 1.82) is 0 Å². The van der Waals surface area contributed by atoms with Crippen LogP contribution >= 0.6 is 0 Å². The lowest BCUT2D eigenvalue weighted by Crippen LogP contribution is -2.55. The number of imidazole rings is 2. The van der Waals surface area contributed by atoms with Crippen molar-refractivity contribution in [2.24, 2.45) is 11.8 Å². The van der Waals surface area contributed by atoms with Gasteiger partial charge in [-0.25, -0.2) is 19.6 Å². The van der Waals surface area contributed by atoms with Gasteiger partial charge in [0.15, 0.2) is 0 Å². The molecule has 4 N–H and O–H groups in total. The van der Waals surface area contributed by atoms with Gasteiger partial charge in [0.2, 0.25) is 11.8 Å². The second-order valence-corrected chi connectivity index (χ2v) is 17.5. The Hall–Kier alpha value is -5.74. The first kappa shape index (κ1) is 41.6. The van der Waals surface area contributed by atoms with Crippen LogP contribution in [0.5, 0.6) is 0 Å². The largest absolute Gasteiger partial charge is 0.453 e. The van der Waals surface area contributed by atoms with Gasteiger partial charge in [-0.05, 0) is 97.2 Å². The van der Waals surface area contributed by atoms with Crippen LogP contribution in [0.15, 0.2) is 48.8 Å². The van der Waals surface area contributed by atoms with E-state index in [9.17, 15) is 19.2 Å². The third-order valence-corrected chi connectivity index (χ3v) is 14.4. The third-order valence-electron chi connectivity index (χ3n) is 14.4. The number of alkyl carbamates (subject to hydrolysis) is 2. The van der Waals surface area contributed by atoms with Crippen molar-refractivity contribution in [2.75, 3.05) is 28.4 Å². The SMILES string of the molecule is COC(=O)N[C@H](C(=O)N1[C@H](c2ncc(-c3ccc4c(c3)=c3ccc(-c5cnc([C@@H]6C[C@@H]7CCC[C@@H]7N6C(=O)[C@@H](NC(=O)OC)[C@@H](C)OC)[nH]5)cc3=4)[nH]2)C[C@@H]2CCC[C@@H]21)[C@@H](C)OC. The summed E-state index contributed by atoms with van der Waals surface area (Å²) < 4.78 is 20.8. The summed E-state index contributed by atoms with van der Waals surface area (Å²) in [6.07, 6.45) is 8.84. The van der Waals surface area contributed by atoms with Gasteiger partial charge in [0.1, 0.15) is 23.7 Å². The van der Waals surface area contributed by atoms with Crippen LogP contribution in [0.1, 0.15) is 88.9 Å². The molecule has 328 valence electrons. The van der Waals surface area contributed by atoms with E-state index >= 15 is 0 Å². The summed E-state index contributed by atoms with van der Waals surface area (Å²) in [5.74, 6) is 1.79. The van der Waals surface area contributed by atoms with E-state index in [4.69, 9.17) is 28.9 Å². The average molecular weight is 849 g/mol. The third kappa shape index (κ3) is 7.20. The number of carbonyl (C=O) groups excluding carboxylic acids is 4. The highest BCUT2D eigenvalue weighted by Gasteiger charge is 2.51. The van der Waals surface area contributed by atoms with Crippen LogP contribution in [-0.4, -0.2) is 119 Å². The quantitative estimate of drug-likeness (QED) is 0.120. The van der Waals surface area contributed by atoms with Crippen molar-refractivity contribution >= 4 is 24.0 Å². The Balaban J connectivity index is 0.956. The lowest BCUT2D eigenvalue weighted by atomic mass is 9.96. The smallest absolute Gasteiger partial charge is 0.407 e. The van der Waals surface area contributed by atoms with Crippen molar-refractivity contribution < 1.29 is 38.1 Å². The van der Waals surface area contributed by atoms with Crippen LogP contribution in [-0.2, 0) is 28.5 Å². The van der Waals surface area contributed by atoms with Crippen LogP contribution < -0.4 is 10.6 Å². The van der Waals surface area contributed by atoms with Gasteiger partial charge in [-0.1, -0.05) is 37.1 Å². The molecule has 4 fully saturated rings. The Morgan fingerprint density at radius 2 is 1.05 bits per heavy atom. The van der Waals surface area contributed by atoms with E-state index < -0.39 is 36.5 Å². The van der Waals surface area contributed by atoms with Gasteiger partial charge in [-0.15, -0.1) is 0 Å². The van der Waals surface area contributed by atoms with Gasteiger partial charge in [0.05, 0.1) is 62.3 Å². The molecule has 0 unspecified atom stereocenters. The fourth-order valence-corrected chi connectivity index (χ4v) is 11.0. The van der Waals surface area contributed by atoms with Gasteiger partial charge in [0.25, 0.3) is 0 Å². The van der Waals surface area contributed by atoms with E-state index in [1.165, 1.54) is 28.4 Å². The summed E-state index contributed by atoms with van der Waals surface area (Å²) in [5, 5.41) is 10.0. The molecule has 62 heavy (non-hydrogen) atoms. The second kappa shape index (κ2) is 16.9. The maximum atomic E-state index is 14.2. The molecule has 16 nitrogen and oxygen atoms in total. The summed E-state index contributed by atoms with van der Waals surface area (Å²) in [7, 11) is 5.62. The highest BCUT2D eigenvalue weighted by atomic mass is 16.5. The highest BCUT2D eigenvalue weighted by molar-refractivity contribution is 5.88. The molecule has 5 aliphatic rings. The second-order valence-electron chi connectivity index (χ2n) is 17.5. The summed E-state index contributed by atoms with van der Waals surface area (Å²) in [6, 6.07) is 10.6. The fraction of sp³-hybridized carbons (Fsp3) is 0.522. The lowest BCUT2D eigenvalue weighted by Gasteiger charge is -2.34. The van der Waals surface area contributed by atoms with Crippen LogP contribution in [0.25, 0.3) is 22.5 Å². The predicted molar refractivity (Wildman–Crippen MR) is 226 cm³/mol. The Bertz CT molecular complexity index is 2380. The number of nitrogens with zero attached hydrogens (tertiary/aromatic N) is 4. The van der Waals surface area contributed by atoms with Crippen LogP contribution in [0, 0.1) is 32.7 Å². The molecule has 16 heteroatoms. The number of carbonyl (C=O) groups is 4. The van der Waals surface area contributed by atoms with E-state index in [0.29, 0.717) is 11.8 Å². The molecule has 0 spiro atoms. The number of amides is 4. The molecular weight excluding hydrogens is 793 g/mol. The van der Waals surface area contributed by atoms with E-state index in [1.807, 2.05) is 22.2 Å². The number of fused-ring (bicyclic) bond motifs is 4. The number of nitrogens with one attached hydrogen (secondary N) is 4. The highest BCUT2D eigenvalue weighted by Crippen LogP contribution is 2.49. The molecule has 4 aromatic rings. The Labute approximate surface area is 359 Å². The number of aromatic amines is 2. The first-order chi connectivity index (χ1) is 30.0. The fourth-order valence-electron chi connectivity index (χ4n) is 11.0. The Morgan fingerprint density at radius 3 is 1.44 bits per heavy atom. The van der Waals surface area contributed by atoms with Crippen molar-refractivity contribution in [3.63, 3.8) is 0 Å². The number of hydrogen-bond acceptors (Lipinski definition) is 10. The zero-order chi connectivity index (χ0) is 43.4. The molecule has 9 rings (SSSR count). The standard InChI is InChI=1S/C46H56N8O8/c1-23(59-3)39(51-45(57)61-5)43(55)53-35-11-7-9-27(35)19-37(53)41-47-21-33(49-41)25-13-15-29-31(17-25)30-16-14-26(18-32(29)30)34-22-48-42(50-34)38-20-28-10-8-12-36(28)54(38)44(56)40(24(2)60-4)52-46(58)62-6/h13-18,21-24,27-28,35-40H,7-12,19-20H2,1-6H3,(H,47,49)(H,48,50)(H,51,57)(H,52,58)/t23-,24-,27+,28+,35+,36+,37+,38+,39+,40+/m1/s1. The summed E-state index contributed by atoms with van der Waals surface area (Å²) >= 11 is 0. The van der Waals surface area contributed by atoms with Crippen molar-refractivity contribution in [3.8, 4) is 22.5 Å². The number of aromatic nitrogens is 4. The predicted octanol–water partition coefficient (Wildman–Crippen LogP) is 5.76. The van der Waals surface area contributed by atoms with E-state index in [1.54, 1.807) is 13.8 Å². The number of benzene rings is 2. The topological polar surface area (TPSA) is 193 Å². The Kier molecular flexibility index (Phi) is 11.3. The minimum absolute atomic E-state index is 0.0687. The normalized spacial score (nSPS) is 25.1. The molecule has 2 aromatic carbocycles. The van der Waals surface area contributed by atoms with Gasteiger partial charge < -0.3 is 49.3 Å². The van der Waals surface area contributed by atoms with Crippen LogP contribution in [0.2, 0.25) is 0 Å². The van der Waals surface area contributed by atoms with Crippen molar-refractivity contribution in [2.45, 2.75) is 114 Å². The number of methoxy groups -OCH3 is 4. The number of ether oxygens (including phenoxy) is 4. The minimum atomic E-state index is -0.901. The van der Waals surface area contributed by atoms with Gasteiger partial charge in [-0.2, -0.15) is 0 Å². The molecule has 2 saturated heterocycles. The maximum absolute atomic E-state index is 14.2. The number of rotatable bonds is 12. The molecule has 3 aliphatic carbocycles. The lowest BCUT2D eigenvalue weighted by molar-refractivity contribution is -0.140. The molecule has 2 aromatic heterocycles. The van der Waals surface area contributed by atoms with E-state index in [0.717, 1.165) is 106 Å². The van der Waals surface area contributed by atoms with E-state index in [2.05, 4.69) is 57.0 Å². The first-order valence-corrected chi connectivity index (χ1v) is 21.8. The maximum Gasteiger partial charge on any atom is 0.407 e. The zero-order valence-electron chi connectivity index (χ0n) is 36.1. The van der Waals surface area contributed by atoms with Gasteiger partial charge >= 0.3 is 12.2 Å². The first-order valence-electron chi connectivity index (χ1n) is 21.8. The summed E-state index contributed by atoms with van der Waals surface area (Å²) in [4.78, 5) is 73.7. The molecule has 0 radical (unpaired) electrons. The minimum Gasteiger partial charge on any atom is -0.453 e. The summed E-state index contributed by atoms with van der Waals surface area (Å²) in [6.45, 7) is 3.54. The van der Waals surface area contributed by atoms with Crippen molar-refractivity contribution in [1.82, 2.24) is 40.4 Å². The van der Waals surface area contributed by atoms with Gasteiger partial charge in [0, 0.05) is 37.4 Å². The van der Waals surface area contributed by atoms with Crippen molar-refractivity contribution in [3.05, 3.63) is 81.3 Å². The molecule has 2 aliphatic heterocycles. The molecule has 4 heterocycles. The molecule has 4 amide bonds. The van der Waals surface area contributed by atoms with Crippen LogP contribution in [0.4, 0.5) is 9.59 Å². The van der Waals surface area contributed by atoms with Crippen LogP contribution in [0.3, 0.4) is 0 Å². The average Bonchev–Trinajstić information content (AvgIpc) is 4.14. The summed E-state index contributed by atoms with van der Waals surface area (Å²) in [5.41, 5.74) is 3.72. The van der Waals surface area contributed by atoms with E-state index in [-0.39, 0.29) is 36.0 Å². The molecule has 0 bridgehead atoms. The number of likely N-dealkylation sites (tertiary alicyclic amines) is 2. The zero-order valence-corrected chi connectivity index (χ0v) is 36.1. The monoisotopic (exact) mass is 848 g/mol. The molecule has 10 atom stereocenters. The molecule has 2 saturated carbocycles.